The number of ketones is 1. The number of aliphatic hydroxyl groups is 1. The van der Waals surface area contributed by atoms with Crippen LogP contribution in [0, 0.1) is 12.7 Å². The molecule has 0 saturated carbocycles. The zero-order valence-electron chi connectivity index (χ0n) is 10.1. The van der Waals surface area contributed by atoms with Gasteiger partial charge in [-0.25, -0.2) is 9.18 Å². The number of carbonyl (C=O) groups excluding carboxylic acids is 2. The SMILES string of the molecule is CCOC(=O)C(=O)C=C(O)c1cc(C)cc(F)c1.[LiH]. The van der Waals surface area contributed by atoms with Crippen LogP contribution in [-0.4, -0.2) is 42.3 Å². The zero-order valence-corrected chi connectivity index (χ0v) is 10.1. The van der Waals surface area contributed by atoms with Crippen LogP contribution in [0.1, 0.15) is 18.1 Å². The second kappa shape index (κ2) is 7.77. The van der Waals surface area contributed by atoms with Crippen molar-refractivity contribution in [2.75, 3.05) is 6.61 Å². The summed E-state index contributed by atoms with van der Waals surface area (Å²) in [6.45, 7) is 3.27. The molecule has 0 aliphatic rings. The Morgan fingerprint density at radius 3 is 2.53 bits per heavy atom. The normalized spacial score (nSPS) is 10.6. The Bertz CT molecular complexity index is 491. The van der Waals surface area contributed by atoms with E-state index in [9.17, 15) is 19.1 Å². The number of hydrogen-bond donors (Lipinski definition) is 1. The summed E-state index contributed by atoms with van der Waals surface area (Å²) in [5.74, 6) is -3.06. The van der Waals surface area contributed by atoms with E-state index in [0.29, 0.717) is 11.6 Å². The van der Waals surface area contributed by atoms with E-state index < -0.39 is 23.3 Å². The van der Waals surface area contributed by atoms with Crippen molar-refractivity contribution < 1.29 is 23.8 Å². The van der Waals surface area contributed by atoms with Gasteiger partial charge in [0, 0.05) is 11.6 Å². The third kappa shape index (κ3) is 5.29. The first-order valence-corrected chi connectivity index (χ1v) is 5.33. The topological polar surface area (TPSA) is 63.6 Å². The van der Waals surface area contributed by atoms with Gasteiger partial charge in [0.25, 0.3) is 5.78 Å². The molecule has 0 saturated heterocycles. The molecule has 0 atom stereocenters. The number of aryl methyl sites for hydroxylation is 1. The Morgan fingerprint density at radius 1 is 1.37 bits per heavy atom. The number of benzene rings is 1. The Balaban J connectivity index is 0.00000324. The van der Waals surface area contributed by atoms with Gasteiger partial charge >= 0.3 is 24.8 Å². The minimum atomic E-state index is -1.06. The Hall–Kier alpha value is -1.57. The van der Waals surface area contributed by atoms with Gasteiger partial charge in [-0.15, -0.1) is 0 Å². The van der Waals surface area contributed by atoms with Gasteiger partial charge in [0.05, 0.1) is 6.61 Å². The molecule has 98 valence electrons. The number of rotatable bonds is 4. The summed E-state index contributed by atoms with van der Waals surface area (Å²) in [4.78, 5) is 22.3. The predicted molar refractivity (Wildman–Crippen MR) is 70.5 cm³/mol. The van der Waals surface area contributed by atoms with Crippen LogP contribution in [0.3, 0.4) is 0 Å². The molecule has 0 aliphatic carbocycles. The van der Waals surface area contributed by atoms with E-state index in [-0.39, 0.29) is 31.0 Å². The predicted octanol–water partition coefficient (Wildman–Crippen LogP) is 1.52. The summed E-state index contributed by atoms with van der Waals surface area (Å²) in [5, 5.41) is 9.62. The van der Waals surface area contributed by atoms with Crippen LogP contribution < -0.4 is 0 Å². The number of esters is 1. The summed E-state index contributed by atoms with van der Waals surface area (Å²) >= 11 is 0. The Morgan fingerprint density at radius 2 is 2.00 bits per heavy atom. The van der Waals surface area contributed by atoms with Crippen LogP contribution in [0.2, 0.25) is 0 Å². The molecular weight excluding hydrogens is 246 g/mol. The fourth-order valence-corrected chi connectivity index (χ4v) is 1.35. The minimum absolute atomic E-state index is 0. The number of ether oxygens (including phenoxy) is 1. The summed E-state index contributed by atoms with van der Waals surface area (Å²) in [7, 11) is 0. The molecule has 0 radical (unpaired) electrons. The molecule has 1 rings (SSSR count). The van der Waals surface area contributed by atoms with Crippen molar-refractivity contribution >= 4 is 36.4 Å². The monoisotopic (exact) mass is 260 g/mol. The van der Waals surface area contributed by atoms with Crippen LogP contribution in [0.5, 0.6) is 0 Å². The van der Waals surface area contributed by atoms with E-state index in [2.05, 4.69) is 4.74 Å². The molecule has 0 amide bonds. The Kier molecular flexibility index (Phi) is 7.13. The van der Waals surface area contributed by atoms with Crippen LogP contribution in [0.4, 0.5) is 4.39 Å². The summed E-state index contributed by atoms with van der Waals surface area (Å²) in [6, 6.07) is 3.84. The van der Waals surface area contributed by atoms with E-state index in [1.807, 2.05) is 0 Å². The zero-order chi connectivity index (χ0) is 13.7. The number of halogens is 1. The van der Waals surface area contributed by atoms with E-state index in [1.165, 1.54) is 12.1 Å². The molecular formula is C13H14FLiO4. The molecule has 1 N–H and O–H groups in total. The van der Waals surface area contributed by atoms with Gasteiger partial charge in [0.15, 0.2) is 0 Å². The van der Waals surface area contributed by atoms with Crippen LogP contribution in [0.25, 0.3) is 5.76 Å². The van der Waals surface area contributed by atoms with Gasteiger partial charge in [0.2, 0.25) is 0 Å². The molecule has 19 heavy (non-hydrogen) atoms. The van der Waals surface area contributed by atoms with Crippen LogP contribution >= 0.6 is 0 Å². The molecule has 0 heterocycles. The van der Waals surface area contributed by atoms with E-state index >= 15 is 0 Å². The van der Waals surface area contributed by atoms with Crippen molar-refractivity contribution in [3.05, 3.63) is 41.2 Å². The molecule has 0 aliphatic heterocycles. The Labute approximate surface area is 122 Å². The average Bonchev–Trinajstić information content (AvgIpc) is 2.27. The van der Waals surface area contributed by atoms with Crippen molar-refractivity contribution in [1.29, 1.82) is 0 Å². The molecule has 1 aromatic rings. The van der Waals surface area contributed by atoms with Gasteiger partial charge in [0.1, 0.15) is 11.6 Å². The molecule has 6 heteroatoms. The molecule has 0 fully saturated rings. The van der Waals surface area contributed by atoms with Gasteiger partial charge in [-0.2, -0.15) is 0 Å². The number of hydrogen-bond acceptors (Lipinski definition) is 4. The standard InChI is InChI=1S/C13H13FO4.Li.H/c1-3-18-13(17)12(16)7-11(15)9-4-8(2)5-10(14)6-9;;/h4-7,15H,3H2,1-2H3;;. The van der Waals surface area contributed by atoms with Gasteiger partial charge in [-0.05, 0) is 37.6 Å². The molecule has 0 bridgehead atoms. The maximum atomic E-state index is 13.1. The van der Waals surface area contributed by atoms with Gasteiger partial charge in [-0.1, -0.05) is 0 Å². The van der Waals surface area contributed by atoms with E-state index in [4.69, 9.17) is 0 Å². The summed E-state index contributed by atoms with van der Waals surface area (Å²) < 4.78 is 17.6. The van der Waals surface area contributed by atoms with Crippen molar-refractivity contribution in [3.63, 3.8) is 0 Å². The quantitative estimate of drug-likeness (QED) is 0.293. The molecule has 0 aromatic heterocycles. The van der Waals surface area contributed by atoms with Gasteiger partial charge in [-0.3, -0.25) is 4.79 Å². The van der Waals surface area contributed by atoms with Crippen LogP contribution in [-0.2, 0) is 14.3 Å². The summed E-state index contributed by atoms with van der Waals surface area (Å²) in [6.07, 6.45) is 0.714. The first kappa shape index (κ1) is 17.4. The first-order valence-electron chi connectivity index (χ1n) is 5.33. The maximum absolute atomic E-state index is 13.1. The van der Waals surface area contributed by atoms with Crippen LogP contribution in [0.15, 0.2) is 24.3 Å². The second-order valence-electron chi connectivity index (χ2n) is 3.63. The molecule has 0 unspecified atom stereocenters. The second-order valence-corrected chi connectivity index (χ2v) is 3.63. The molecule has 4 nitrogen and oxygen atoms in total. The van der Waals surface area contributed by atoms with Gasteiger partial charge < -0.3 is 9.84 Å². The van der Waals surface area contributed by atoms with E-state index in [1.54, 1.807) is 13.8 Å². The molecule has 0 spiro atoms. The first-order chi connectivity index (χ1) is 8.43. The summed E-state index contributed by atoms with van der Waals surface area (Å²) in [5.41, 5.74) is 0.721. The molecule has 1 aromatic carbocycles. The number of aliphatic hydroxyl groups excluding tert-OH is 1. The fraction of sp³-hybridized carbons (Fsp3) is 0.231. The fourth-order valence-electron chi connectivity index (χ4n) is 1.35. The van der Waals surface area contributed by atoms with Crippen molar-refractivity contribution in [3.8, 4) is 0 Å². The average molecular weight is 260 g/mol. The third-order valence-corrected chi connectivity index (χ3v) is 2.08. The van der Waals surface area contributed by atoms with Crippen molar-refractivity contribution in [2.45, 2.75) is 13.8 Å². The van der Waals surface area contributed by atoms with E-state index in [0.717, 1.165) is 6.07 Å². The van der Waals surface area contributed by atoms with Crippen molar-refractivity contribution in [1.82, 2.24) is 0 Å². The van der Waals surface area contributed by atoms with Crippen molar-refractivity contribution in [2.24, 2.45) is 0 Å². The third-order valence-electron chi connectivity index (χ3n) is 2.08. The number of carbonyl (C=O) groups is 2.